The third-order valence-corrected chi connectivity index (χ3v) is 8.41. The van der Waals surface area contributed by atoms with Crippen LogP contribution in [-0.2, 0) is 9.59 Å². The monoisotopic (exact) mass is 330 g/mol. The van der Waals surface area contributed by atoms with Crippen LogP contribution in [0, 0.1) is 40.4 Å². The molecule has 0 aromatic heterocycles. The molecular formula is C21H30O3. The molecule has 2 unspecified atom stereocenters. The number of allylic oxidation sites excluding steroid dienone is 1. The van der Waals surface area contributed by atoms with Crippen molar-refractivity contribution in [2.45, 2.75) is 65.4 Å². The van der Waals surface area contributed by atoms with Gasteiger partial charge in [0.25, 0.3) is 0 Å². The lowest BCUT2D eigenvalue weighted by molar-refractivity contribution is -0.142. The lowest BCUT2D eigenvalue weighted by Gasteiger charge is -2.60. The average molecular weight is 330 g/mol. The highest BCUT2D eigenvalue weighted by Gasteiger charge is 2.63. The first-order chi connectivity index (χ1) is 11.3. The van der Waals surface area contributed by atoms with Gasteiger partial charge in [0.05, 0.1) is 11.5 Å². The molecule has 0 saturated heterocycles. The van der Waals surface area contributed by atoms with Crippen LogP contribution in [0.1, 0.15) is 59.3 Å². The summed E-state index contributed by atoms with van der Waals surface area (Å²) in [5, 5.41) is 10.2. The fourth-order valence-corrected chi connectivity index (χ4v) is 7.25. The Hall–Kier alpha value is -0.960. The number of carbonyl (C=O) groups is 2. The van der Waals surface area contributed by atoms with Gasteiger partial charge in [-0.3, -0.25) is 4.79 Å². The zero-order valence-corrected chi connectivity index (χ0v) is 15.1. The van der Waals surface area contributed by atoms with Gasteiger partial charge in [-0.05, 0) is 61.7 Å². The minimum atomic E-state index is -0.409. The maximum atomic E-state index is 12.5. The van der Waals surface area contributed by atoms with Crippen molar-refractivity contribution in [2.75, 3.05) is 0 Å². The Balaban J connectivity index is 1.81. The highest BCUT2D eigenvalue weighted by molar-refractivity contribution is 5.87. The van der Waals surface area contributed by atoms with Gasteiger partial charge in [0.1, 0.15) is 12.1 Å². The van der Waals surface area contributed by atoms with Gasteiger partial charge in [0, 0.05) is 11.8 Å². The second kappa shape index (κ2) is 5.27. The zero-order valence-electron chi connectivity index (χ0n) is 15.1. The van der Waals surface area contributed by atoms with E-state index in [-0.39, 0.29) is 11.3 Å². The van der Waals surface area contributed by atoms with Gasteiger partial charge in [-0.25, -0.2) is 0 Å². The van der Waals surface area contributed by atoms with Crippen LogP contribution in [0.3, 0.4) is 0 Å². The normalized spacial score (nSPS) is 53.7. The first-order valence-electron chi connectivity index (χ1n) is 9.73. The molecule has 132 valence electrons. The van der Waals surface area contributed by atoms with E-state index in [2.05, 4.69) is 20.8 Å². The van der Waals surface area contributed by atoms with Crippen molar-refractivity contribution in [3.8, 4) is 0 Å². The number of ketones is 1. The molecule has 0 spiro atoms. The Labute approximate surface area is 144 Å². The molecule has 0 aliphatic heterocycles. The second-order valence-electron chi connectivity index (χ2n) is 9.34. The summed E-state index contributed by atoms with van der Waals surface area (Å²) in [6.07, 6.45) is 8.02. The van der Waals surface area contributed by atoms with Crippen LogP contribution in [0.25, 0.3) is 0 Å². The van der Waals surface area contributed by atoms with Crippen molar-refractivity contribution < 1.29 is 14.7 Å². The minimum absolute atomic E-state index is 0.155. The van der Waals surface area contributed by atoms with Gasteiger partial charge >= 0.3 is 0 Å². The van der Waals surface area contributed by atoms with Gasteiger partial charge < -0.3 is 9.90 Å². The predicted octanol–water partition coefficient (Wildman–Crippen LogP) is 3.55. The van der Waals surface area contributed by atoms with E-state index in [0.29, 0.717) is 35.9 Å². The van der Waals surface area contributed by atoms with E-state index in [1.807, 2.05) is 6.08 Å². The van der Waals surface area contributed by atoms with Gasteiger partial charge in [0.2, 0.25) is 0 Å². The highest BCUT2D eigenvalue weighted by atomic mass is 16.3. The zero-order chi connectivity index (χ0) is 17.3. The van der Waals surface area contributed by atoms with Gasteiger partial charge in [0.15, 0.2) is 0 Å². The van der Waals surface area contributed by atoms with E-state index >= 15 is 0 Å². The molecule has 0 bridgehead atoms. The number of hydrogen-bond acceptors (Lipinski definition) is 3. The van der Waals surface area contributed by atoms with Gasteiger partial charge in [-0.15, -0.1) is 0 Å². The number of fused-ring (bicyclic) bond motifs is 5. The summed E-state index contributed by atoms with van der Waals surface area (Å²) in [4.78, 5) is 25.0. The summed E-state index contributed by atoms with van der Waals surface area (Å²) in [5.41, 5.74) is 0.632. The first-order valence-corrected chi connectivity index (χ1v) is 9.73. The first kappa shape index (κ1) is 16.5. The summed E-state index contributed by atoms with van der Waals surface area (Å²) < 4.78 is 0. The van der Waals surface area contributed by atoms with Crippen molar-refractivity contribution >= 4 is 12.1 Å². The molecule has 4 rings (SSSR count). The number of Topliss-reactive ketones (excluding diaryl/α,β-unsaturated/α-hetero) is 1. The van der Waals surface area contributed by atoms with Crippen molar-refractivity contribution in [1.29, 1.82) is 0 Å². The summed E-state index contributed by atoms with van der Waals surface area (Å²) in [7, 11) is 0. The van der Waals surface area contributed by atoms with Crippen LogP contribution < -0.4 is 0 Å². The smallest absolute Gasteiger partial charge is 0.139 e. The molecule has 1 N–H and O–H groups in total. The molecule has 4 aliphatic rings. The molecule has 0 aromatic rings. The molecule has 0 aromatic carbocycles. The molecular weight excluding hydrogens is 300 g/mol. The van der Waals surface area contributed by atoms with E-state index in [0.717, 1.165) is 32.1 Å². The molecule has 3 nitrogen and oxygen atoms in total. The fraction of sp³-hybridized carbons (Fsp3) is 0.810. The summed E-state index contributed by atoms with van der Waals surface area (Å²) in [6.45, 7) is 6.63. The van der Waals surface area contributed by atoms with Crippen LogP contribution in [0.5, 0.6) is 0 Å². The highest BCUT2D eigenvalue weighted by Crippen LogP contribution is 2.66. The van der Waals surface area contributed by atoms with Crippen LogP contribution in [0.15, 0.2) is 11.6 Å². The molecule has 8 atom stereocenters. The third kappa shape index (κ3) is 1.88. The molecule has 3 heteroatoms. The largest absolute Gasteiger partial charge is 0.389 e. The number of aliphatic hydroxyl groups excluding tert-OH is 1. The van der Waals surface area contributed by atoms with Crippen molar-refractivity contribution in [2.24, 2.45) is 40.4 Å². The van der Waals surface area contributed by atoms with Gasteiger partial charge in [-0.1, -0.05) is 32.4 Å². The molecule has 0 heterocycles. The van der Waals surface area contributed by atoms with E-state index < -0.39 is 11.5 Å². The Morgan fingerprint density at radius 1 is 1.25 bits per heavy atom. The Morgan fingerprint density at radius 2 is 2.00 bits per heavy atom. The van der Waals surface area contributed by atoms with E-state index in [1.54, 1.807) is 0 Å². The molecule has 24 heavy (non-hydrogen) atoms. The SMILES string of the molecule is CC1CC2=C[C@@H](O)CC(C)[C@]2(C=O)[C@H]2CC[C@]3(C)C(=O)CC[C@H]3[C@H]12. The number of aliphatic hydroxyl groups is 1. The fourth-order valence-electron chi connectivity index (χ4n) is 7.25. The number of rotatable bonds is 1. The predicted molar refractivity (Wildman–Crippen MR) is 92.2 cm³/mol. The minimum Gasteiger partial charge on any atom is -0.389 e. The second-order valence-corrected chi connectivity index (χ2v) is 9.34. The lowest BCUT2D eigenvalue weighted by Crippen LogP contribution is -2.57. The number of hydrogen-bond donors (Lipinski definition) is 1. The van der Waals surface area contributed by atoms with Crippen molar-refractivity contribution in [3.05, 3.63) is 11.6 Å². The molecule has 3 fully saturated rings. The van der Waals surface area contributed by atoms with Crippen molar-refractivity contribution in [3.63, 3.8) is 0 Å². The molecule has 3 saturated carbocycles. The average Bonchev–Trinajstić information content (AvgIpc) is 2.82. The van der Waals surface area contributed by atoms with Crippen LogP contribution in [-0.4, -0.2) is 23.3 Å². The van der Waals surface area contributed by atoms with Crippen LogP contribution >= 0.6 is 0 Å². The molecule has 0 radical (unpaired) electrons. The summed E-state index contributed by atoms with van der Waals surface area (Å²) in [6, 6.07) is 0. The number of aldehydes is 1. The van der Waals surface area contributed by atoms with Crippen LogP contribution in [0.4, 0.5) is 0 Å². The van der Waals surface area contributed by atoms with Crippen molar-refractivity contribution in [1.82, 2.24) is 0 Å². The van der Waals surface area contributed by atoms with Crippen LogP contribution in [0.2, 0.25) is 0 Å². The van der Waals surface area contributed by atoms with E-state index in [4.69, 9.17) is 0 Å². The lowest BCUT2D eigenvalue weighted by atomic mass is 9.43. The Bertz CT molecular complexity index is 608. The number of carbonyl (C=O) groups excluding carboxylic acids is 2. The molecule has 4 aliphatic carbocycles. The molecule has 0 amide bonds. The van der Waals surface area contributed by atoms with E-state index in [1.165, 1.54) is 11.9 Å². The Kier molecular flexibility index (Phi) is 3.62. The van der Waals surface area contributed by atoms with Gasteiger partial charge in [-0.2, -0.15) is 0 Å². The topological polar surface area (TPSA) is 54.4 Å². The maximum absolute atomic E-state index is 12.5. The summed E-state index contributed by atoms with van der Waals surface area (Å²) in [5.74, 6) is 2.38. The Morgan fingerprint density at radius 3 is 2.71 bits per heavy atom. The summed E-state index contributed by atoms with van der Waals surface area (Å²) >= 11 is 0. The quantitative estimate of drug-likeness (QED) is 0.591. The standard InChI is InChI=1S/C21H30O3/c1-12-8-14-10-15(23)9-13(2)21(14,11-22)17-6-7-20(3)16(19(12)17)4-5-18(20)24/h10-13,15-17,19,23H,4-9H2,1-3H3/t12?,13?,15-,16-,17-,19-,20-,21-/m0/s1. The maximum Gasteiger partial charge on any atom is 0.139 e. The van der Waals surface area contributed by atoms with E-state index in [9.17, 15) is 14.7 Å². The third-order valence-electron chi connectivity index (χ3n) is 8.41.